The summed E-state index contributed by atoms with van der Waals surface area (Å²) in [4.78, 5) is 17.7. The minimum absolute atomic E-state index is 0.113. The summed E-state index contributed by atoms with van der Waals surface area (Å²) in [5.74, 6) is -0.371. The molecular formula is C25H22N2O4S. The lowest BCUT2D eigenvalue weighted by molar-refractivity contribution is 0.0233. The SMILES string of the molecule is O=C(NOCc1ccccc1)c1ccc(CNS(=O)(=O)c2ccc3ccccc3c2)cc1. The summed E-state index contributed by atoms with van der Waals surface area (Å²) < 4.78 is 27.9. The molecule has 0 fully saturated rings. The van der Waals surface area contributed by atoms with Gasteiger partial charge in [-0.05, 0) is 46.2 Å². The first-order valence-corrected chi connectivity index (χ1v) is 11.5. The second kappa shape index (κ2) is 9.74. The van der Waals surface area contributed by atoms with E-state index >= 15 is 0 Å². The maximum Gasteiger partial charge on any atom is 0.274 e. The van der Waals surface area contributed by atoms with Crippen LogP contribution in [0.15, 0.2) is 102 Å². The Morgan fingerprint density at radius 2 is 1.44 bits per heavy atom. The zero-order valence-corrected chi connectivity index (χ0v) is 18.0. The Balaban J connectivity index is 1.33. The summed E-state index contributed by atoms with van der Waals surface area (Å²) in [6.45, 7) is 0.378. The number of sulfonamides is 1. The Morgan fingerprint density at radius 1 is 0.750 bits per heavy atom. The zero-order valence-electron chi connectivity index (χ0n) is 17.2. The third-order valence-corrected chi connectivity index (χ3v) is 6.36. The normalized spacial score (nSPS) is 11.4. The molecule has 0 aliphatic carbocycles. The van der Waals surface area contributed by atoms with E-state index in [1.165, 1.54) is 0 Å². The number of nitrogens with one attached hydrogen (secondary N) is 2. The molecule has 4 rings (SSSR count). The third-order valence-electron chi connectivity index (χ3n) is 4.96. The second-order valence-corrected chi connectivity index (χ2v) is 9.00. The monoisotopic (exact) mass is 446 g/mol. The lowest BCUT2D eigenvalue weighted by Crippen LogP contribution is -2.24. The number of carbonyl (C=O) groups is 1. The van der Waals surface area contributed by atoms with Crippen molar-refractivity contribution in [3.8, 4) is 0 Å². The number of amides is 1. The van der Waals surface area contributed by atoms with Gasteiger partial charge in [0.15, 0.2) is 0 Å². The molecule has 0 aliphatic rings. The first-order chi connectivity index (χ1) is 15.5. The van der Waals surface area contributed by atoms with Gasteiger partial charge in [-0.2, -0.15) is 0 Å². The fraction of sp³-hybridized carbons (Fsp3) is 0.0800. The lowest BCUT2D eigenvalue weighted by Gasteiger charge is -2.09. The van der Waals surface area contributed by atoms with E-state index in [0.29, 0.717) is 5.56 Å². The summed E-state index contributed by atoms with van der Waals surface area (Å²) in [6.07, 6.45) is 0. The van der Waals surface area contributed by atoms with Crippen molar-refractivity contribution in [2.75, 3.05) is 0 Å². The minimum Gasteiger partial charge on any atom is -0.269 e. The molecule has 0 bridgehead atoms. The highest BCUT2D eigenvalue weighted by Crippen LogP contribution is 2.19. The maximum atomic E-state index is 12.7. The first-order valence-electron chi connectivity index (χ1n) is 10.0. The number of benzene rings is 4. The number of hydroxylamine groups is 1. The van der Waals surface area contributed by atoms with E-state index in [2.05, 4.69) is 10.2 Å². The Hall–Kier alpha value is -3.52. The van der Waals surface area contributed by atoms with Gasteiger partial charge in [0.25, 0.3) is 5.91 Å². The number of fused-ring (bicyclic) bond motifs is 1. The minimum atomic E-state index is -3.66. The highest BCUT2D eigenvalue weighted by atomic mass is 32.2. The molecule has 32 heavy (non-hydrogen) atoms. The molecule has 4 aromatic rings. The summed E-state index contributed by atoms with van der Waals surface area (Å²) in [5.41, 5.74) is 4.50. The van der Waals surface area contributed by atoms with Gasteiger partial charge in [0.1, 0.15) is 0 Å². The highest BCUT2D eigenvalue weighted by Gasteiger charge is 2.14. The maximum absolute atomic E-state index is 12.7. The lowest BCUT2D eigenvalue weighted by atomic mass is 10.1. The van der Waals surface area contributed by atoms with Gasteiger partial charge >= 0.3 is 0 Å². The number of hydrogen-bond acceptors (Lipinski definition) is 4. The fourth-order valence-corrected chi connectivity index (χ4v) is 4.24. The van der Waals surface area contributed by atoms with E-state index in [4.69, 9.17) is 4.84 Å². The Morgan fingerprint density at radius 3 is 2.19 bits per heavy atom. The van der Waals surface area contributed by atoms with Crippen molar-refractivity contribution in [3.63, 3.8) is 0 Å². The van der Waals surface area contributed by atoms with Crippen LogP contribution in [0.25, 0.3) is 10.8 Å². The van der Waals surface area contributed by atoms with E-state index < -0.39 is 10.0 Å². The van der Waals surface area contributed by atoms with Crippen molar-refractivity contribution < 1.29 is 18.0 Å². The molecule has 6 nitrogen and oxygen atoms in total. The first kappa shape index (κ1) is 21.7. The van der Waals surface area contributed by atoms with Gasteiger partial charge in [-0.1, -0.05) is 72.8 Å². The van der Waals surface area contributed by atoms with Crippen molar-refractivity contribution >= 4 is 26.7 Å². The standard InChI is InChI=1S/C25H22N2O4S/c28-25(27-31-18-20-6-2-1-3-7-20)22-12-10-19(11-13-22)17-26-32(29,30)24-15-14-21-8-4-5-9-23(21)16-24/h1-16,26H,17-18H2,(H,27,28). The van der Waals surface area contributed by atoms with Crippen LogP contribution in [0, 0.1) is 0 Å². The third kappa shape index (κ3) is 5.39. The Kier molecular flexibility index (Phi) is 6.61. The molecule has 2 N–H and O–H groups in total. The van der Waals surface area contributed by atoms with Crippen LogP contribution in [0.5, 0.6) is 0 Å². The predicted octanol–water partition coefficient (Wildman–Crippen LogP) is 4.18. The van der Waals surface area contributed by atoms with Crippen molar-refractivity contribution in [1.82, 2.24) is 10.2 Å². The number of hydrogen-bond donors (Lipinski definition) is 2. The van der Waals surface area contributed by atoms with Crippen LogP contribution in [0.2, 0.25) is 0 Å². The van der Waals surface area contributed by atoms with Gasteiger partial charge in [0.2, 0.25) is 10.0 Å². The van der Waals surface area contributed by atoms with E-state index in [1.807, 2.05) is 54.6 Å². The molecule has 0 saturated carbocycles. The summed E-state index contributed by atoms with van der Waals surface area (Å²) in [7, 11) is -3.66. The molecule has 7 heteroatoms. The molecule has 4 aromatic carbocycles. The molecule has 0 radical (unpaired) electrons. The predicted molar refractivity (Wildman–Crippen MR) is 123 cm³/mol. The van der Waals surface area contributed by atoms with Gasteiger partial charge < -0.3 is 0 Å². The van der Waals surface area contributed by atoms with E-state index in [0.717, 1.165) is 21.9 Å². The Labute approximate surface area is 186 Å². The van der Waals surface area contributed by atoms with E-state index in [1.54, 1.807) is 42.5 Å². The number of rotatable bonds is 8. The van der Waals surface area contributed by atoms with Crippen LogP contribution in [0.3, 0.4) is 0 Å². The topological polar surface area (TPSA) is 84.5 Å². The van der Waals surface area contributed by atoms with Crippen LogP contribution >= 0.6 is 0 Å². The zero-order chi connectivity index (χ0) is 22.4. The van der Waals surface area contributed by atoms with Crippen LogP contribution in [-0.4, -0.2) is 14.3 Å². The molecule has 162 valence electrons. The molecular weight excluding hydrogens is 424 g/mol. The molecule has 0 aliphatic heterocycles. The average molecular weight is 447 g/mol. The summed E-state index contributed by atoms with van der Waals surface area (Å²) >= 11 is 0. The van der Waals surface area contributed by atoms with Gasteiger partial charge in [-0.15, -0.1) is 0 Å². The highest BCUT2D eigenvalue weighted by molar-refractivity contribution is 7.89. The van der Waals surface area contributed by atoms with Gasteiger partial charge in [-0.25, -0.2) is 18.6 Å². The quantitative estimate of drug-likeness (QED) is 0.398. The molecule has 0 saturated heterocycles. The largest absolute Gasteiger partial charge is 0.274 e. The van der Waals surface area contributed by atoms with Crippen LogP contribution in [0.1, 0.15) is 21.5 Å². The van der Waals surface area contributed by atoms with Gasteiger partial charge in [-0.3, -0.25) is 9.63 Å². The second-order valence-electron chi connectivity index (χ2n) is 7.24. The molecule has 0 aromatic heterocycles. The molecule has 0 atom stereocenters. The van der Waals surface area contributed by atoms with Crippen molar-refractivity contribution in [2.24, 2.45) is 0 Å². The summed E-state index contributed by atoms with van der Waals surface area (Å²) in [5, 5.41) is 1.84. The molecule has 0 heterocycles. The summed E-state index contributed by atoms with van der Waals surface area (Å²) in [6, 6.07) is 28.8. The Bertz CT molecular complexity index is 1320. The van der Waals surface area contributed by atoms with Crippen LogP contribution in [0.4, 0.5) is 0 Å². The van der Waals surface area contributed by atoms with Crippen LogP contribution in [-0.2, 0) is 28.0 Å². The molecule has 0 spiro atoms. The van der Waals surface area contributed by atoms with Gasteiger partial charge in [0, 0.05) is 12.1 Å². The van der Waals surface area contributed by atoms with E-state index in [-0.39, 0.29) is 24.0 Å². The van der Waals surface area contributed by atoms with Crippen molar-refractivity contribution in [3.05, 3.63) is 114 Å². The van der Waals surface area contributed by atoms with Crippen molar-refractivity contribution in [2.45, 2.75) is 18.0 Å². The molecule has 0 unspecified atom stereocenters. The fourth-order valence-electron chi connectivity index (χ4n) is 3.19. The molecule has 1 amide bonds. The van der Waals surface area contributed by atoms with Crippen LogP contribution < -0.4 is 10.2 Å². The van der Waals surface area contributed by atoms with E-state index in [9.17, 15) is 13.2 Å². The average Bonchev–Trinajstić information content (AvgIpc) is 2.83. The number of carbonyl (C=O) groups excluding carboxylic acids is 1. The van der Waals surface area contributed by atoms with Crippen molar-refractivity contribution in [1.29, 1.82) is 0 Å². The smallest absolute Gasteiger partial charge is 0.269 e. The van der Waals surface area contributed by atoms with Gasteiger partial charge in [0.05, 0.1) is 11.5 Å².